The Hall–Kier alpha value is -1.88. The molecule has 1 heterocycles. The summed E-state index contributed by atoms with van der Waals surface area (Å²) in [7, 11) is 0. The first-order chi connectivity index (χ1) is 10.0. The lowest BCUT2D eigenvalue weighted by atomic mass is 10.0. The van der Waals surface area contributed by atoms with Crippen LogP contribution in [-0.2, 0) is 0 Å². The fourth-order valence-corrected chi connectivity index (χ4v) is 2.24. The second kappa shape index (κ2) is 6.72. The molecular weight excluding hydrogens is 291 g/mol. The van der Waals surface area contributed by atoms with Crippen LogP contribution in [-0.4, -0.2) is 16.5 Å². The molecule has 0 aliphatic heterocycles. The zero-order valence-electron chi connectivity index (χ0n) is 12.2. The molecule has 1 aromatic heterocycles. The van der Waals surface area contributed by atoms with Gasteiger partial charge in [0, 0.05) is 17.1 Å². The van der Waals surface area contributed by atoms with Gasteiger partial charge in [-0.05, 0) is 31.0 Å². The van der Waals surface area contributed by atoms with Gasteiger partial charge in [-0.15, -0.1) is 0 Å². The van der Waals surface area contributed by atoms with E-state index >= 15 is 0 Å². The molecule has 1 aromatic carbocycles. The highest BCUT2D eigenvalue weighted by Gasteiger charge is 2.16. The van der Waals surface area contributed by atoms with Gasteiger partial charge in [-0.3, -0.25) is 0 Å². The van der Waals surface area contributed by atoms with Gasteiger partial charge in [0.15, 0.2) is 0 Å². The number of rotatable bonds is 5. The third kappa shape index (κ3) is 3.61. The maximum atomic E-state index is 13.9. The quantitative estimate of drug-likeness (QED) is 0.849. The van der Waals surface area contributed by atoms with Crippen molar-refractivity contribution in [2.24, 2.45) is 0 Å². The average Bonchev–Trinajstić information content (AvgIpc) is 2.43. The van der Waals surface area contributed by atoms with Crippen molar-refractivity contribution in [3.05, 3.63) is 40.9 Å². The lowest BCUT2D eigenvalue weighted by Crippen LogP contribution is -2.09. The minimum Gasteiger partial charge on any atom is -0.370 e. The van der Waals surface area contributed by atoms with Crippen molar-refractivity contribution in [2.75, 3.05) is 17.2 Å². The molecule has 0 saturated heterocycles. The summed E-state index contributed by atoms with van der Waals surface area (Å²) in [5.74, 6) is 1.15. The van der Waals surface area contributed by atoms with Crippen LogP contribution >= 0.6 is 11.6 Å². The molecule has 21 heavy (non-hydrogen) atoms. The maximum absolute atomic E-state index is 13.9. The van der Waals surface area contributed by atoms with E-state index < -0.39 is 0 Å². The highest BCUT2D eigenvalue weighted by atomic mass is 35.5. The zero-order chi connectivity index (χ0) is 15.4. The van der Waals surface area contributed by atoms with E-state index in [9.17, 15) is 4.39 Å². The summed E-state index contributed by atoms with van der Waals surface area (Å²) in [6, 6.07) is 4.37. The molecule has 0 aliphatic carbocycles. The van der Waals surface area contributed by atoms with Crippen molar-refractivity contribution in [3.63, 3.8) is 0 Å². The van der Waals surface area contributed by atoms with Crippen molar-refractivity contribution in [3.8, 4) is 0 Å². The van der Waals surface area contributed by atoms with Crippen LogP contribution in [0.15, 0.2) is 24.5 Å². The van der Waals surface area contributed by atoms with E-state index in [1.54, 1.807) is 0 Å². The number of benzene rings is 1. The largest absolute Gasteiger partial charge is 0.370 e. The highest BCUT2D eigenvalue weighted by Crippen LogP contribution is 2.31. The van der Waals surface area contributed by atoms with Crippen molar-refractivity contribution in [1.82, 2.24) is 9.97 Å². The molecular formula is C15H18ClFN4. The Labute approximate surface area is 128 Å². The van der Waals surface area contributed by atoms with Crippen LogP contribution in [0.5, 0.6) is 0 Å². The molecule has 2 aromatic rings. The second-order valence-electron chi connectivity index (χ2n) is 4.92. The number of halogens is 2. The minimum absolute atomic E-state index is 0.185. The van der Waals surface area contributed by atoms with Crippen molar-refractivity contribution in [2.45, 2.75) is 26.7 Å². The number of anilines is 3. The molecule has 6 heteroatoms. The first-order valence-corrected chi connectivity index (χ1v) is 7.21. The summed E-state index contributed by atoms with van der Waals surface area (Å²) in [5, 5.41) is 6.67. The van der Waals surface area contributed by atoms with E-state index in [-0.39, 0.29) is 11.7 Å². The Morgan fingerprint density at radius 2 is 1.95 bits per heavy atom. The molecule has 112 valence electrons. The standard InChI is InChI=1S/C15H18ClFN4/c1-4-18-14-13(9(2)3)15(20-8-19-14)21-12-7-10(16)5-6-11(12)17/h5-9H,4H2,1-3H3,(H2,18,19,20,21). The molecule has 0 saturated carbocycles. The van der Waals surface area contributed by atoms with Gasteiger partial charge in [-0.1, -0.05) is 25.4 Å². The van der Waals surface area contributed by atoms with E-state index in [2.05, 4.69) is 20.6 Å². The molecule has 4 nitrogen and oxygen atoms in total. The molecule has 0 unspecified atom stereocenters. The van der Waals surface area contributed by atoms with E-state index in [1.165, 1.54) is 24.5 Å². The third-order valence-electron chi connectivity index (χ3n) is 2.99. The molecule has 0 bridgehead atoms. The number of hydrogen-bond donors (Lipinski definition) is 2. The van der Waals surface area contributed by atoms with Gasteiger partial charge in [-0.25, -0.2) is 14.4 Å². The van der Waals surface area contributed by atoms with E-state index in [0.717, 1.165) is 17.9 Å². The lowest BCUT2D eigenvalue weighted by molar-refractivity contribution is 0.631. The van der Waals surface area contributed by atoms with Crippen molar-refractivity contribution >= 4 is 28.9 Å². The van der Waals surface area contributed by atoms with Gasteiger partial charge < -0.3 is 10.6 Å². The summed E-state index contributed by atoms with van der Waals surface area (Å²) in [6.07, 6.45) is 1.45. The zero-order valence-corrected chi connectivity index (χ0v) is 13.0. The van der Waals surface area contributed by atoms with Gasteiger partial charge in [0.05, 0.1) is 5.69 Å². The first-order valence-electron chi connectivity index (χ1n) is 6.83. The van der Waals surface area contributed by atoms with Crippen LogP contribution in [0.3, 0.4) is 0 Å². The van der Waals surface area contributed by atoms with E-state index in [4.69, 9.17) is 11.6 Å². The Morgan fingerprint density at radius 3 is 2.62 bits per heavy atom. The van der Waals surface area contributed by atoms with Gasteiger partial charge in [0.2, 0.25) is 0 Å². The number of hydrogen-bond acceptors (Lipinski definition) is 4. The van der Waals surface area contributed by atoms with Crippen molar-refractivity contribution in [1.29, 1.82) is 0 Å². The third-order valence-corrected chi connectivity index (χ3v) is 3.22. The summed E-state index contributed by atoms with van der Waals surface area (Å²) < 4.78 is 13.9. The van der Waals surface area contributed by atoms with Crippen molar-refractivity contribution < 1.29 is 4.39 Å². The van der Waals surface area contributed by atoms with E-state index in [1.807, 2.05) is 20.8 Å². The molecule has 0 atom stereocenters. The van der Waals surface area contributed by atoms with Crippen LogP contribution in [0, 0.1) is 5.82 Å². The predicted molar refractivity (Wildman–Crippen MR) is 85.0 cm³/mol. The lowest BCUT2D eigenvalue weighted by Gasteiger charge is -2.17. The molecule has 0 amide bonds. The fourth-order valence-electron chi connectivity index (χ4n) is 2.07. The van der Waals surface area contributed by atoms with Gasteiger partial charge in [-0.2, -0.15) is 0 Å². The van der Waals surface area contributed by atoms with Crippen LogP contribution in [0.4, 0.5) is 21.7 Å². The smallest absolute Gasteiger partial charge is 0.146 e. The Balaban J connectivity index is 2.43. The summed E-state index contributed by atoms with van der Waals surface area (Å²) in [4.78, 5) is 8.49. The van der Waals surface area contributed by atoms with Crippen LogP contribution in [0.25, 0.3) is 0 Å². The minimum atomic E-state index is -0.377. The second-order valence-corrected chi connectivity index (χ2v) is 5.36. The van der Waals surface area contributed by atoms with Crippen LogP contribution in [0.1, 0.15) is 32.3 Å². The number of nitrogens with zero attached hydrogens (tertiary/aromatic N) is 2. The van der Waals surface area contributed by atoms with Crippen LogP contribution < -0.4 is 10.6 Å². The SMILES string of the molecule is CCNc1ncnc(Nc2cc(Cl)ccc2F)c1C(C)C. The van der Waals surface area contributed by atoms with Gasteiger partial charge >= 0.3 is 0 Å². The highest BCUT2D eigenvalue weighted by molar-refractivity contribution is 6.30. The molecule has 0 fully saturated rings. The average molecular weight is 309 g/mol. The topological polar surface area (TPSA) is 49.8 Å². The molecule has 0 spiro atoms. The first kappa shape index (κ1) is 15.5. The summed E-state index contributed by atoms with van der Waals surface area (Å²) in [6.45, 7) is 6.83. The fraction of sp³-hybridized carbons (Fsp3) is 0.333. The Bertz CT molecular complexity index is 631. The molecule has 2 rings (SSSR count). The number of aromatic nitrogens is 2. The Kier molecular flexibility index (Phi) is 4.96. The maximum Gasteiger partial charge on any atom is 0.146 e. The summed E-state index contributed by atoms with van der Waals surface area (Å²) >= 11 is 5.91. The molecule has 2 N–H and O–H groups in total. The monoisotopic (exact) mass is 308 g/mol. The predicted octanol–water partition coefficient (Wildman–Crippen LogP) is 4.57. The number of nitrogens with one attached hydrogen (secondary N) is 2. The normalized spacial score (nSPS) is 10.8. The van der Waals surface area contributed by atoms with Gasteiger partial charge in [0.1, 0.15) is 23.8 Å². The van der Waals surface area contributed by atoms with Gasteiger partial charge in [0.25, 0.3) is 0 Å². The summed E-state index contributed by atoms with van der Waals surface area (Å²) in [5.41, 5.74) is 1.21. The Morgan fingerprint density at radius 1 is 1.24 bits per heavy atom. The molecule has 0 radical (unpaired) electrons. The van der Waals surface area contributed by atoms with Crippen LogP contribution in [0.2, 0.25) is 5.02 Å². The molecule has 0 aliphatic rings. The van der Waals surface area contributed by atoms with E-state index in [0.29, 0.717) is 16.5 Å².